The molecule has 0 spiro atoms. The maximum absolute atomic E-state index is 11.5. The molecule has 6 nitrogen and oxygen atoms in total. The largest absolute Gasteiger partial charge is 0.351 e. The molecule has 3 rings (SSSR count). The van der Waals surface area contributed by atoms with Gasteiger partial charge in [0.05, 0.1) is 5.52 Å². The number of nitrogens with one attached hydrogen (secondary N) is 2. The highest BCUT2D eigenvalue weighted by Gasteiger charge is 2.07. The summed E-state index contributed by atoms with van der Waals surface area (Å²) < 4.78 is 0.975. The van der Waals surface area contributed by atoms with Gasteiger partial charge >= 0.3 is 11.4 Å². The van der Waals surface area contributed by atoms with E-state index in [2.05, 4.69) is 15.2 Å². The molecule has 0 radical (unpaired) electrons. The zero-order valence-electron chi connectivity index (χ0n) is 9.52. The molecule has 0 bridgehead atoms. The number of benzene rings is 1. The summed E-state index contributed by atoms with van der Waals surface area (Å²) in [5, 5.41) is 6.79. The molecule has 0 atom stereocenters. The molecule has 6 heteroatoms. The van der Waals surface area contributed by atoms with Crippen LogP contribution < -0.4 is 11.4 Å². The lowest BCUT2D eigenvalue weighted by atomic mass is 10.2. The molecule has 0 aliphatic carbocycles. The molecule has 2 aromatic heterocycles. The van der Waals surface area contributed by atoms with Gasteiger partial charge in [-0.1, -0.05) is 26.0 Å². The van der Waals surface area contributed by atoms with Gasteiger partial charge in [-0.25, -0.2) is 14.7 Å². The number of fused-ring (bicyclic) bond motifs is 3. The lowest BCUT2D eigenvalue weighted by molar-refractivity contribution is 0.958. The number of aromatic amines is 2. The van der Waals surface area contributed by atoms with Gasteiger partial charge in [0.15, 0.2) is 5.65 Å². The second kappa shape index (κ2) is 4.25. The molecule has 0 amide bonds. The molecule has 2 heterocycles. The van der Waals surface area contributed by atoms with Crippen molar-refractivity contribution in [1.29, 1.82) is 0 Å². The Labute approximate surface area is 95.9 Å². The van der Waals surface area contributed by atoms with Gasteiger partial charge in [-0.2, -0.15) is 9.50 Å². The summed E-state index contributed by atoms with van der Waals surface area (Å²) in [5.41, 5.74) is -0.00666. The highest BCUT2D eigenvalue weighted by molar-refractivity contribution is 5.90. The molecule has 1 aromatic carbocycles. The van der Waals surface area contributed by atoms with Crippen molar-refractivity contribution in [3.05, 3.63) is 45.2 Å². The summed E-state index contributed by atoms with van der Waals surface area (Å²) in [7, 11) is 0. The Morgan fingerprint density at radius 1 is 1.12 bits per heavy atom. The normalized spacial score (nSPS) is 10.2. The van der Waals surface area contributed by atoms with Crippen LogP contribution in [0.1, 0.15) is 13.8 Å². The van der Waals surface area contributed by atoms with Crippen LogP contribution >= 0.6 is 0 Å². The fourth-order valence-electron chi connectivity index (χ4n) is 1.62. The van der Waals surface area contributed by atoms with E-state index in [-0.39, 0.29) is 0 Å². The Balaban J connectivity index is 0.000000514. The van der Waals surface area contributed by atoms with Gasteiger partial charge in [-0.3, -0.25) is 0 Å². The third-order valence-electron chi connectivity index (χ3n) is 2.29. The summed E-state index contributed by atoms with van der Waals surface area (Å²) in [6.45, 7) is 4.00. The van der Waals surface area contributed by atoms with Crippen LogP contribution in [0.25, 0.3) is 16.6 Å². The zero-order chi connectivity index (χ0) is 12.4. The van der Waals surface area contributed by atoms with Crippen LogP contribution in [-0.4, -0.2) is 19.6 Å². The van der Waals surface area contributed by atoms with E-state index in [9.17, 15) is 9.59 Å². The van der Waals surface area contributed by atoms with Crippen LogP contribution in [0.2, 0.25) is 0 Å². The minimum atomic E-state index is -0.531. The van der Waals surface area contributed by atoms with Gasteiger partial charge in [0, 0.05) is 5.39 Å². The first kappa shape index (κ1) is 11.1. The molecular weight excluding hydrogens is 220 g/mol. The Hall–Kier alpha value is -2.37. The minimum Gasteiger partial charge on any atom is -0.306 e. The van der Waals surface area contributed by atoms with E-state index in [1.807, 2.05) is 19.9 Å². The third kappa shape index (κ3) is 1.63. The summed E-state index contributed by atoms with van der Waals surface area (Å²) in [6.07, 6.45) is 0. The van der Waals surface area contributed by atoms with Crippen molar-refractivity contribution in [2.24, 2.45) is 0 Å². The van der Waals surface area contributed by atoms with Crippen LogP contribution in [-0.2, 0) is 0 Å². The maximum Gasteiger partial charge on any atom is 0.351 e. The molecule has 88 valence electrons. The maximum atomic E-state index is 11.5. The van der Waals surface area contributed by atoms with Gasteiger partial charge in [-0.15, -0.1) is 0 Å². The monoisotopic (exact) mass is 232 g/mol. The quantitative estimate of drug-likeness (QED) is 0.603. The number of hydrogen-bond acceptors (Lipinski definition) is 3. The van der Waals surface area contributed by atoms with Crippen LogP contribution in [0, 0.1) is 0 Å². The smallest absolute Gasteiger partial charge is 0.306 e. The van der Waals surface area contributed by atoms with Gasteiger partial charge in [0.1, 0.15) is 0 Å². The summed E-state index contributed by atoms with van der Waals surface area (Å²) >= 11 is 0. The van der Waals surface area contributed by atoms with E-state index < -0.39 is 11.4 Å². The van der Waals surface area contributed by atoms with Crippen molar-refractivity contribution in [3.63, 3.8) is 0 Å². The summed E-state index contributed by atoms with van der Waals surface area (Å²) in [4.78, 5) is 25.4. The molecule has 0 saturated heterocycles. The molecule has 2 N–H and O–H groups in total. The van der Waals surface area contributed by atoms with Crippen LogP contribution in [0.5, 0.6) is 0 Å². The van der Waals surface area contributed by atoms with E-state index in [1.54, 1.807) is 18.2 Å². The Morgan fingerprint density at radius 3 is 2.59 bits per heavy atom. The number of nitrogens with zero attached hydrogens (tertiary/aromatic N) is 2. The average Bonchev–Trinajstić information content (AvgIpc) is 2.75. The highest BCUT2D eigenvalue weighted by atomic mass is 16.2. The summed E-state index contributed by atoms with van der Waals surface area (Å²) in [6, 6.07) is 7.18. The molecule has 3 aromatic rings. The first-order valence-electron chi connectivity index (χ1n) is 5.35. The van der Waals surface area contributed by atoms with E-state index >= 15 is 0 Å². The Morgan fingerprint density at radius 2 is 1.82 bits per heavy atom. The highest BCUT2D eigenvalue weighted by Crippen LogP contribution is 2.11. The van der Waals surface area contributed by atoms with Crippen LogP contribution in [0.15, 0.2) is 33.9 Å². The topological polar surface area (TPSA) is 83.0 Å². The third-order valence-corrected chi connectivity index (χ3v) is 2.29. The molecule has 17 heavy (non-hydrogen) atoms. The van der Waals surface area contributed by atoms with Crippen molar-refractivity contribution in [2.45, 2.75) is 13.8 Å². The minimum absolute atomic E-state index is 0.347. The zero-order valence-corrected chi connectivity index (χ0v) is 9.52. The lowest BCUT2D eigenvalue weighted by Gasteiger charge is -1.97. The first-order valence-corrected chi connectivity index (χ1v) is 5.35. The lowest BCUT2D eigenvalue weighted by Crippen LogP contribution is -2.25. The molecule has 0 unspecified atom stereocenters. The van der Waals surface area contributed by atoms with Crippen LogP contribution in [0.3, 0.4) is 0 Å². The van der Waals surface area contributed by atoms with E-state index in [1.165, 1.54) is 0 Å². The molecule has 0 aliphatic rings. The number of H-pyrrole nitrogens is 2. The van der Waals surface area contributed by atoms with E-state index in [0.717, 1.165) is 9.79 Å². The number of hydrogen-bond donors (Lipinski definition) is 2. The summed E-state index contributed by atoms with van der Waals surface area (Å²) in [5.74, 6) is 0. The van der Waals surface area contributed by atoms with Gasteiger partial charge in [0.25, 0.3) is 0 Å². The molecular formula is C11H12N4O2. The molecule has 0 aliphatic heterocycles. The average molecular weight is 232 g/mol. The van der Waals surface area contributed by atoms with Gasteiger partial charge in [-0.05, 0) is 12.1 Å². The van der Waals surface area contributed by atoms with Crippen molar-refractivity contribution < 1.29 is 0 Å². The Bertz CT molecular complexity index is 766. The van der Waals surface area contributed by atoms with Crippen molar-refractivity contribution in [2.75, 3.05) is 0 Å². The number of para-hydroxylation sites is 1. The van der Waals surface area contributed by atoms with Gasteiger partial charge < -0.3 is 4.98 Å². The van der Waals surface area contributed by atoms with Crippen molar-refractivity contribution >= 4 is 16.6 Å². The molecule has 0 saturated carbocycles. The fourth-order valence-corrected chi connectivity index (χ4v) is 1.62. The predicted molar refractivity (Wildman–Crippen MR) is 65.3 cm³/mol. The SMILES string of the molecule is CC.O=c1[nH]nc2c3ccccc3[nH]c(=O)n12. The predicted octanol–water partition coefficient (Wildman–Crippen LogP) is 0.890. The fraction of sp³-hybridized carbons (Fsp3) is 0.182. The van der Waals surface area contributed by atoms with E-state index in [4.69, 9.17) is 0 Å². The van der Waals surface area contributed by atoms with Crippen LogP contribution in [0.4, 0.5) is 0 Å². The Kier molecular flexibility index (Phi) is 2.78. The second-order valence-electron chi connectivity index (χ2n) is 3.16. The van der Waals surface area contributed by atoms with Crippen molar-refractivity contribution in [3.8, 4) is 0 Å². The van der Waals surface area contributed by atoms with Crippen molar-refractivity contribution in [1.82, 2.24) is 19.6 Å². The van der Waals surface area contributed by atoms with E-state index in [0.29, 0.717) is 11.2 Å². The molecule has 0 fully saturated rings. The first-order chi connectivity index (χ1) is 8.27. The second-order valence-corrected chi connectivity index (χ2v) is 3.16. The standard InChI is InChI=1S/C9H6N4O2.C2H6/c14-8-10-6-4-2-1-3-5(6)7-11-12-9(15)13(7)8;1-2/h1-4H,(H,10,14)(H,12,15);1-2H3. The number of rotatable bonds is 0. The number of aromatic nitrogens is 4. The van der Waals surface area contributed by atoms with Gasteiger partial charge in [0.2, 0.25) is 0 Å².